The van der Waals surface area contributed by atoms with Crippen molar-refractivity contribution in [1.29, 1.82) is 0 Å². The van der Waals surface area contributed by atoms with Crippen LogP contribution < -0.4 is 5.11 Å². The van der Waals surface area contributed by atoms with E-state index in [2.05, 4.69) is 53.7 Å². The molecule has 0 bridgehead atoms. The molecule has 4 unspecified atom stereocenters. The zero-order valence-corrected chi connectivity index (χ0v) is 21.9. The molecule has 9 atom stereocenters. The van der Waals surface area contributed by atoms with E-state index in [-0.39, 0.29) is 11.3 Å². The number of carbonyl (C=O) groups is 1. The second kappa shape index (κ2) is 9.17. The summed E-state index contributed by atoms with van der Waals surface area (Å²) in [5, 5.41) is 22.4. The molecule has 0 radical (unpaired) electrons. The van der Waals surface area contributed by atoms with Gasteiger partial charge in [0.25, 0.3) is 0 Å². The summed E-state index contributed by atoms with van der Waals surface area (Å²) in [5.41, 5.74) is 3.61. The van der Waals surface area contributed by atoms with Gasteiger partial charge in [0.1, 0.15) is 0 Å². The van der Waals surface area contributed by atoms with Crippen LogP contribution in [0.1, 0.15) is 99.3 Å². The Balaban J connectivity index is 1.54. The molecule has 1 N–H and O–H groups in total. The van der Waals surface area contributed by atoms with Gasteiger partial charge < -0.3 is 15.0 Å². The maximum Gasteiger partial charge on any atom is 0.0623 e. The molecule has 3 saturated carbocycles. The maximum absolute atomic E-state index is 12.0. The summed E-state index contributed by atoms with van der Waals surface area (Å²) in [4.78, 5) is 12.0. The standard InChI is InChI=1S/C30H48O3/c1-7-20(18(2)3)9-8-19(4)22-12-13-23-21-10-11-25-27(28(32)33)26(31)15-17-30(25,6)24(21)14-16-29(22,23)5/h7,10,18-19,22-27,31H,8-9,11-17H2,1-6H3,(H,32,33)/p-1/b20-7-/t19-,22?,23?,24?,25?,26+,27+,29-,30-/m1/s1. The highest BCUT2D eigenvalue weighted by Gasteiger charge is 2.59. The Kier molecular flexibility index (Phi) is 6.95. The Hall–Kier alpha value is -1.09. The lowest BCUT2D eigenvalue weighted by atomic mass is 9.46. The van der Waals surface area contributed by atoms with E-state index in [0.29, 0.717) is 29.6 Å². The lowest BCUT2D eigenvalue weighted by molar-refractivity contribution is -0.320. The number of aliphatic carboxylic acids is 1. The van der Waals surface area contributed by atoms with E-state index in [1.165, 1.54) is 38.5 Å². The van der Waals surface area contributed by atoms with Crippen LogP contribution in [-0.2, 0) is 4.79 Å². The van der Waals surface area contributed by atoms with Crippen LogP contribution in [0, 0.1) is 52.3 Å². The van der Waals surface area contributed by atoms with Gasteiger partial charge in [-0.2, -0.15) is 0 Å². The number of fused-ring (bicyclic) bond motifs is 5. The summed E-state index contributed by atoms with van der Waals surface area (Å²) in [6, 6.07) is 0. The van der Waals surface area contributed by atoms with Gasteiger partial charge in [-0.15, -0.1) is 0 Å². The average molecular weight is 456 g/mol. The molecule has 0 aromatic heterocycles. The van der Waals surface area contributed by atoms with Gasteiger partial charge in [0.15, 0.2) is 0 Å². The first-order chi connectivity index (χ1) is 15.5. The summed E-state index contributed by atoms with van der Waals surface area (Å²) in [5.74, 6) is 1.55. The molecule has 3 heteroatoms. The fourth-order valence-electron chi connectivity index (χ4n) is 9.26. The Bertz CT molecular complexity index is 809. The molecular formula is C30H47O3-. The van der Waals surface area contributed by atoms with Crippen LogP contribution in [0.3, 0.4) is 0 Å². The highest BCUT2D eigenvalue weighted by atomic mass is 16.4. The van der Waals surface area contributed by atoms with Crippen LogP contribution >= 0.6 is 0 Å². The van der Waals surface area contributed by atoms with Gasteiger partial charge in [-0.25, -0.2) is 0 Å². The zero-order valence-electron chi connectivity index (χ0n) is 21.9. The SMILES string of the molecule is C/C=C(/CC[C@@H](C)C1CCC2C3=CCC4[C@H](C(=O)[O-])[C@@H](O)CC[C@]4(C)C3CC[C@@]21C)C(C)C. The Labute approximate surface area is 202 Å². The van der Waals surface area contributed by atoms with E-state index in [4.69, 9.17) is 0 Å². The van der Waals surface area contributed by atoms with Crippen molar-refractivity contribution in [3.8, 4) is 0 Å². The van der Waals surface area contributed by atoms with Gasteiger partial charge in [-0.3, -0.25) is 0 Å². The van der Waals surface area contributed by atoms with Gasteiger partial charge in [-0.1, -0.05) is 57.9 Å². The van der Waals surface area contributed by atoms with Crippen molar-refractivity contribution in [3.05, 3.63) is 23.3 Å². The minimum atomic E-state index is -1.05. The Morgan fingerprint density at radius 2 is 1.79 bits per heavy atom. The fourth-order valence-corrected chi connectivity index (χ4v) is 9.26. The molecule has 4 aliphatic carbocycles. The normalized spacial score (nSPS) is 44.0. The number of aliphatic hydroxyl groups excluding tert-OH is 1. The number of carbonyl (C=O) groups excluding carboxylic acids is 1. The lowest BCUT2D eigenvalue weighted by Crippen LogP contribution is -2.57. The van der Waals surface area contributed by atoms with Crippen LogP contribution in [0.15, 0.2) is 23.3 Å². The molecule has 0 amide bonds. The molecule has 0 aromatic carbocycles. The molecule has 3 fully saturated rings. The van der Waals surface area contributed by atoms with Crippen molar-refractivity contribution in [2.24, 2.45) is 52.3 Å². The van der Waals surface area contributed by atoms with Crippen molar-refractivity contribution in [1.82, 2.24) is 0 Å². The van der Waals surface area contributed by atoms with Crippen molar-refractivity contribution < 1.29 is 15.0 Å². The molecule has 186 valence electrons. The molecule has 4 aliphatic rings. The largest absolute Gasteiger partial charge is 0.550 e. The second-order valence-electron chi connectivity index (χ2n) is 12.9. The zero-order chi connectivity index (χ0) is 24.1. The molecule has 0 saturated heterocycles. The predicted molar refractivity (Wildman–Crippen MR) is 132 cm³/mol. The Morgan fingerprint density at radius 3 is 2.42 bits per heavy atom. The van der Waals surface area contributed by atoms with Gasteiger partial charge in [-0.05, 0) is 111 Å². The third-order valence-corrected chi connectivity index (χ3v) is 11.2. The number of hydrogen-bond acceptors (Lipinski definition) is 3. The van der Waals surface area contributed by atoms with Crippen molar-refractivity contribution in [2.75, 3.05) is 0 Å². The number of carboxylic acids is 1. The molecule has 0 spiro atoms. The van der Waals surface area contributed by atoms with Crippen LogP contribution in [0.4, 0.5) is 0 Å². The molecule has 4 rings (SSSR count). The van der Waals surface area contributed by atoms with Crippen molar-refractivity contribution >= 4 is 5.97 Å². The molecular weight excluding hydrogens is 408 g/mol. The minimum Gasteiger partial charge on any atom is -0.550 e. The van der Waals surface area contributed by atoms with Gasteiger partial charge in [0, 0.05) is 11.9 Å². The van der Waals surface area contributed by atoms with E-state index in [9.17, 15) is 15.0 Å². The van der Waals surface area contributed by atoms with E-state index in [1.807, 2.05) is 0 Å². The first-order valence-corrected chi connectivity index (χ1v) is 13.8. The highest BCUT2D eigenvalue weighted by molar-refractivity contribution is 5.69. The minimum absolute atomic E-state index is 0.00997. The molecule has 0 aromatic rings. The van der Waals surface area contributed by atoms with E-state index in [0.717, 1.165) is 24.7 Å². The summed E-state index contributed by atoms with van der Waals surface area (Å²) in [6.45, 7) is 14.2. The third-order valence-electron chi connectivity index (χ3n) is 11.2. The smallest absolute Gasteiger partial charge is 0.0623 e. The second-order valence-corrected chi connectivity index (χ2v) is 12.9. The molecule has 33 heavy (non-hydrogen) atoms. The number of allylic oxidation sites excluding steroid dienone is 4. The molecule has 0 aliphatic heterocycles. The summed E-state index contributed by atoms with van der Waals surface area (Å²) in [6.07, 6.45) is 13.9. The number of aliphatic hydroxyl groups is 1. The molecule has 0 heterocycles. The number of hydrogen-bond donors (Lipinski definition) is 1. The topological polar surface area (TPSA) is 60.4 Å². The molecule has 3 nitrogen and oxygen atoms in total. The highest BCUT2D eigenvalue weighted by Crippen LogP contribution is 2.67. The van der Waals surface area contributed by atoms with Crippen LogP contribution in [0.5, 0.6) is 0 Å². The number of carboxylic acid groups (broad SMARTS) is 1. The van der Waals surface area contributed by atoms with E-state index >= 15 is 0 Å². The van der Waals surface area contributed by atoms with Crippen molar-refractivity contribution in [2.45, 2.75) is 105 Å². The van der Waals surface area contributed by atoms with Crippen LogP contribution in [0.2, 0.25) is 0 Å². The summed E-state index contributed by atoms with van der Waals surface area (Å²) < 4.78 is 0. The average Bonchev–Trinajstić information content (AvgIpc) is 3.11. The van der Waals surface area contributed by atoms with E-state index in [1.54, 1.807) is 11.1 Å². The maximum atomic E-state index is 12.0. The quantitative estimate of drug-likeness (QED) is 0.506. The Morgan fingerprint density at radius 1 is 1.12 bits per heavy atom. The van der Waals surface area contributed by atoms with E-state index < -0.39 is 18.0 Å². The van der Waals surface area contributed by atoms with Gasteiger partial charge in [0.2, 0.25) is 0 Å². The summed E-state index contributed by atoms with van der Waals surface area (Å²) >= 11 is 0. The predicted octanol–water partition coefficient (Wildman–Crippen LogP) is 5.92. The van der Waals surface area contributed by atoms with Crippen LogP contribution in [-0.4, -0.2) is 17.2 Å². The number of rotatable bonds is 6. The van der Waals surface area contributed by atoms with Gasteiger partial charge in [0.05, 0.1) is 6.10 Å². The lowest BCUT2D eigenvalue weighted by Gasteiger charge is -2.59. The first kappa shape index (κ1) is 25.0. The third kappa shape index (κ3) is 4.05. The monoisotopic (exact) mass is 455 g/mol. The summed E-state index contributed by atoms with van der Waals surface area (Å²) in [7, 11) is 0. The van der Waals surface area contributed by atoms with Gasteiger partial charge >= 0.3 is 0 Å². The van der Waals surface area contributed by atoms with Crippen molar-refractivity contribution in [3.63, 3.8) is 0 Å². The first-order valence-electron chi connectivity index (χ1n) is 13.8. The van der Waals surface area contributed by atoms with Crippen LogP contribution in [0.25, 0.3) is 0 Å². The fraction of sp³-hybridized carbons (Fsp3) is 0.833.